The van der Waals surface area contributed by atoms with Crippen LogP contribution in [0.4, 0.5) is 0 Å². The summed E-state index contributed by atoms with van der Waals surface area (Å²) in [5.41, 5.74) is 5.28. The molecule has 0 fully saturated rings. The van der Waals surface area contributed by atoms with E-state index >= 15 is 0 Å². The molecule has 0 aliphatic rings. The van der Waals surface area contributed by atoms with Gasteiger partial charge in [0.1, 0.15) is 11.0 Å². The molecule has 0 aliphatic heterocycles. The average Bonchev–Trinajstić information content (AvgIpc) is 2.52. The Kier molecular flexibility index (Phi) is 4.31. The van der Waals surface area contributed by atoms with E-state index in [0.717, 1.165) is 0 Å². The molecule has 3 N–H and O–H groups in total. The van der Waals surface area contributed by atoms with E-state index in [-0.39, 0.29) is 6.54 Å². The third kappa shape index (κ3) is 3.25. The second-order valence-corrected chi connectivity index (χ2v) is 4.14. The lowest BCUT2D eigenvalue weighted by atomic mass is 10.4. The first-order valence-corrected chi connectivity index (χ1v) is 5.35. The van der Waals surface area contributed by atoms with Crippen LogP contribution in [-0.4, -0.2) is 22.9 Å². The highest BCUT2D eigenvalue weighted by Crippen LogP contribution is 2.21. The van der Waals surface area contributed by atoms with E-state index in [4.69, 9.17) is 26.9 Å². The fourth-order valence-electron chi connectivity index (χ4n) is 0.852. The lowest BCUT2D eigenvalue weighted by Crippen LogP contribution is -2.26. The van der Waals surface area contributed by atoms with Crippen molar-refractivity contribution in [1.82, 2.24) is 0 Å². The summed E-state index contributed by atoms with van der Waals surface area (Å²) in [5.74, 6) is 0.204. The lowest BCUT2D eigenvalue weighted by molar-refractivity contribution is -0.136. The maximum absolute atomic E-state index is 10.6. The molecular weight excluding hydrogens is 226 g/mol. The minimum atomic E-state index is -0.907. The molecule has 1 rings (SSSR count). The van der Waals surface area contributed by atoms with Gasteiger partial charge in [-0.3, -0.25) is 4.79 Å². The third-order valence-electron chi connectivity index (χ3n) is 1.55. The Bertz CT molecular complexity index is 315. The van der Waals surface area contributed by atoms with Gasteiger partial charge in [0, 0.05) is 6.54 Å². The second-order valence-electron chi connectivity index (χ2n) is 2.58. The van der Waals surface area contributed by atoms with Crippen molar-refractivity contribution < 1.29 is 14.3 Å². The number of thioether (sulfide) groups is 1. The molecule has 1 unspecified atom stereocenters. The normalized spacial score (nSPS) is 12.7. The molecule has 0 bridgehead atoms. The molecule has 0 saturated carbocycles. The summed E-state index contributed by atoms with van der Waals surface area (Å²) < 4.78 is 5.07. The Hall–Kier alpha value is -0.650. The van der Waals surface area contributed by atoms with Gasteiger partial charge in [-0.2, -0.15) is 0 Å². The van der Waals surface area contributed by atoms with Gasteiger partial charge >= 0.3 is 5.97 Å². The Labute approximate surface area is 90.4 Å². The largest absolute Gasteiger partial charge is 0.480 e. The number of nitrogens with two attached hydrogens (primary N) is 1. The fourth-order valence-corrected chi connectivity index (χ4v) is 1.81. The predicted molar refractivity (Wildman–Crippen MR) is 55.5 cm³/mol. The van der Waals surface area contributed by atoms with Crippen LogP contribution in [0.15, 0.2) is 16.5 Å². The zero-order valence-electron chi connectivity index (χ0n) is 7.27. The van der Waals surface area contributed by atoms with Crippen LogP contribution in [0.1, 0.15) is 5.76 Å². The van der Waals surface area contributed by atoms with Crippen LogP contribution in [-0.2, 0) is 10.5 Å². The molecule has 0 saturated heterocycles. The zero-order valence-corrected chi connectivity index (χ0v) is 8.85. The van der Waals surface area contributed by atoms with Gasteiger partial charge in [-0.05, 0) is 23.7 Å². The van der Waals surface area contributed by atoms with Crippen LogP contribution in [0.25, 0.3) is 0 Å². The molecule has 4 nitrogen and oxygen atoms in total. The Morgan fingerprint density at radius 1 is 1.71 bits per heavy atom. The molecule has 0 amide bonds. The summed E-state index contributed by atoms with van der Waals surface area (Å²) in [7, 11) is 0. The minimum absolute atomic E-state index is 0.106. The van der Waals surface area contributed by atoms with Gasteiger partial charge in [-0.25, -0.2) is 0 Å². The van der Waals surface area contributed by atoms with Gasteiger partial charge in [0.2, 0.25) is 0 Å². The number of furan rings is 1. The zero-order chi connectivity index (χ0) is 10.6. The Morgan fingerprint density at radius 3 is 2.86 bits per heavy atom. The monoisotopic (exact) mass is 235 g/mol. The Morgan fingerprint density at radius 2 is 2.43 bits per heavy atom. The van der Waals surface area contributed by atoms with E-state index in [0.29, 0.717) is 16.7 Å². The number of hydrogen-bond donors (Lipinski definition) is 2. The smallest absolute Gasteiger partial charge is 0.317 e. The quantitative estimate of drug-likeness (QED) is 0.810. The number of halogens is 1. The van der Waals surface area contributed by atoms with Crippen LogP contribution in [0.2, 0.25) is 5.22 Å². The van der Waals surface area contributed by atoms with E-state index < -0.39 is 11.2 Å². The summed E-state index contributed by atoms with van der Waals surface area (Å²) in [6.45, 7) is 0.106. The number of carboxylic acids is 1. The lowest BCUT2D eigenvalue weighted by Gasteiger charge is -2.06. The van der Waals surface area contributed by atoms with Crippen molar-refractivity contribution in [3.8, 4) is 0 Å². The molecule has 0 spiro atoms. The standard InChI is InChI=1S/C8H10ClNO3S/c9-7-2-1-5(13-7)4-14-6(3-10)8(11)12/h1-2,6H,3-4,10H2,(H,11,12). The number of carboxylic acid groups (broad SMARTS) is 1. The third-order valence-corrected chi connectivity index (χ3v) is 3.00. The molecule has 1 heterocycles. The molecule has 0 aliphatic carbocycles. The van der Waals surface area contributed by atoms with Crippen LogP contribution >= 0.6 is 23.4 Å². The summed E-state index contributed by atoms with van der Waals surface area (Å²) in [6, 6.07) is 3.33. The highest BCUT2D eigenvalue weighted by atomic mass is 35.5. The number of carbonyl (C=O) groups is 1. The van der Waals surface area contributed by atoms with Gasteiger partial charge in [0.05, 0.1) is 5.75 Å². The predicted octanol–water partition coefficient (Wildman–Crippen LogP) is 1.58. The molecule has 6 heteroatoms. The van der Waals surface area contributed by atoms with Crippen LogP contribution in [0.5, 0.6) is 0 Å². The Balaban J connectivity index is 2.43. The first-order chi connectivity index (χ1) is 6.63. The van der Waals surface area contributed by atoms with E-state index in [1.54, 1.807) is 12.1 Å². The molecule has 1 aromatic heterocycles. The van der Waals surface area contributed by atoms with E-state index in [2.05, 4.69) is 0 Å². The summed E-state index contributed by atoms with van der Waals surface area (Å²) >= 11 is 6.77. The second kappa shape index (κ2) is 5.29. The molecule has 1 atom stereocenters. The molecule has 0 aromatic carbocycles. The number of rotatable bonds is 5. The van der Waals surface area contributed by atoms with E-state index in [9.17, 15) is 4.79 Å². The minimum Gasteiger partial charge on any atom is -0.480 e. The first kappa shape index (κ1) is 11.4. The van der Waals surface area contributed by atoms with E-state index in [1.807, 2.05) is 0 Å². The van der Waals surface area contributed by atoms with Crippen molar-refractivity contribution in [2.24, 2.45) is 5.73 Å². The average molecular weight is 236 g/mol. The van der Waals surface area contributed by atoms with Gasteiger partial charge in [-0.15, -0.1) is 11.8 Å². The highest BCUT2D eigenvalue weighted by Gasteiger charge is 2.16. The van der Waals surface area contributed by atoms with Crippen molar-refractivity contribution in [3.05, 3.63) is 23.1 Å². The molecular formula is C8H10ClNO3S. The number of hydrogen-bond acceptors (Lipinski definition) is 4. The molecule has 1 aromatic rings. The van der Waals surface area contributed by atoms with E-state index in [1.165, 1.54) is 11.8 Å². The summed E-state index contributed by atoms with van der Waals surface area (Å²) in [6.07, 6.45) is 0. The topological polar surface area (TPSA) is 76.5 Å². The van der Waals surface area contributed by atoms with Gasteiger partial charge in [-0.1, -0.05) is 0 Å². The maximum atomic E-state index is 10.6. The van der Waals surface area contributed by atoms with Crippen molar-refractivity contribution in [2.45, 2.75) is 11.0 Å². The van der Waals surface area contributed by atoms with Gasteiger partial charge < -0.3 is 15.3 Å². The summed E-state index contributed by atoms with van der Waals surface area (Å²) in [5, 5.41) is 8.41. The van der Waals surface area contributed by atoms with Crippen LogP contribution in [0.3, 0.4) is 0 Å². The first-order valence-electron chi connectivity index (χ1n) is 3.92. The molecule has 0 radical (unpaired) electrons. The SMILES string of the molecule is NCC(SCc1ccc(Cl)o1)C(=O)O. The van der Waals surface area contributed by atoms with Gasteiger partial charge in [0.15, 0.2) is 5.22 Å². The van der Waals surface area contributed by atoms with Crippen molar-refractivity contribution in [1.29, 1.82) is 0 Å². The fraction of sp³-hybridized carbons (Fsp3) is 0.375. The number of aliphatic carboxylic acids is 1. The molecule has 14 heavy (non-hydrogen) atoms. The highest BCUT2D eigenvalue weighted by molar-refractivity contribution is 7.99. The van der Waals surface area contributed by atoms with Crippen LogP contribution in [0, 0.1) is 0 Å². The molecule has 78 valence electrons. The van der Waals surface area contributed by atoms with Crippen molar-refractivity contribution >= 4 is 29.3 Å². The summed E-state index contributed by atoms with van der Waals surface area (Å²) in [4.78, 5) is 10.6. The maximum Gasteiger partial charge on any atom is 0.317 e. The van der Waals surface area contributed by atoms with Gasteiger partial charge in [0.25, 0.3) is 0 Å². The van der Waals surface area contributed by atoms with Crippen LogP contribution < -0.4 is 5.73 Å². The van der Waals surface area contributed by atoms with Crippen molar-refractivity contribution in [3.63, 3.8) is 0 Å². The van der Waals surface area contributed by atoms with Crippen molar-refractivity contribution in [2.75, 3.05) is 6.54 Å².